The van der Waals surface area contributed by atoms with Gasteiger partial charge in [0.25, 0.3) is 5.91 Å². The molecule has 4 rings (SSSR count). The fourth-order valence-electron chi connectivity index (χ4n) is 4.85. The molecule has 0 aromatic heterocycles. The molecule has 0 aliphatic carbocycles. The predicted molar refractivity (Wildman–Crippen MR) is 109 cm³/mol. The highest BCUT2D eigenvalue weighted by atomic mass is 35.5. The van der Waals surface area contributed by atoms with Crippen molar-refractivity contribution in [3.8, 4) is 0 Å². The maximum atomic E-state index is 12.9. The third kappa shape index (κ3) is 4.82. The highest BCUT2D eigenvalue weighted by Crippen LogP contribution is 2.33. The number of likely N-dealkylation sites (tertiary alicyclic amines) is 1. The van der Waals surface area contributed by atoms with Crippen LogP contribution in [0.2, 0.25) is 0 Å². The van der Waals surface area contributed by atoms with Gasteiger partial charge in [-0.1, -0.05) is 12.1 Å². The molecule has 3 heterocycles. The van der Waals surface area contributed by atoms with Crippen molar-refractivity contribution >= 4 is 29.9 Å². The number of para-hydroxylation sites is 1. The summed E-state index contributed by atoms with van der Waals surface area (Å²) < 4.78 is 0. The van der Waals surface area contributed by atoms with Gasteiger partial charge in [0.1, 0.15) is 0 Å². The molecule has 148 valence electrons. The number of nitrogens with one attached hydrogen (secondary N) is 2. The van der Waals surface area contributed by atoms with Crippen LogP contribution in [0.1, 0.15) is 61.7 Å². The topological polar surface area (TPSA) is 61.4 Å². The largest absolute Gasteiger partial charge is 0.339 e. The van der Waals surface area contributed by atoms with E-state index in [4.69, 9.17) is 0 Å². The fraction of sp³-hybridized carbons (Fsp3) is 0.619. The molecule has 2 atom stereocenters. The van der Waals surface area contributed by atoms with E-state index in [2.05, 4.69) is 10.6 Å². The van der Waals surface area contributed by atoms with E-state index in [0.717, 1.165) is 38.8 Å². The van der Waals surface area contributed by atoms with Crippen molar-refractivity contribution in [1.29, 1.82) is 0 Å². The first-order valence-electron chi connectivity index (χ1n) is 10.1. The molecule has 1 aromatic rings. The van der Waals surface area contributed by atoms with Gasteiger partial charge in [-0.2, -0.15) is 0 Å². The Hall–Kier alpha value is -1.59. The van der Waals surface area contributed by atoms with Gasteiger partial charge in [0.2, 0.25) is 5.91 Å². The number of nitrogens with zero attached hydrogens (tertiary/aromatic N) is 1. The molecular weight excluding hydrogens is 362 g/mol. The number of fused-ring (bicyclic) bond motifs is 2. The van der Waals surface area contributed by atoms with E-state index >= 15 is 0 Å². The molecule has 3 aliphatic rings. The molecule has 2 bridgehead atoms. The molecule has 2 unspecified atom stereocenters. The van der Waals surface area contributed by atoms with Gasteiger partial charge in [-0.3, -0.25) is 9.59 Å². The van der Waals surface area contributed by atoms with Gasteiger partial charge in [-0.05, 0) is 63.0 Å². The van der Waals surface area contributed by atoms with Crippen LogP contribution in [0.5, 0.6) is 0 Å². The van der Waals surface area contributed by atoms with Gasteiger partial charge < -0.3 is 15.5 Å². The van der Waals surface area contributed by atoms with Crippen LogP contribution in [0.4, 0.5) is 5.69 Å². The zero-order valence-electron chi connectivity index (χ0n) is 15.8. The van der Waals surface area contributed by atoms with Gasteiger partial charge in [-0.15, -0.1) is 12.4 Å². The Bertz CT molecular complexity index is 663. The lowest BCUT2D eigenvalue weighted by atomic mass is 9.89. The maximum Gasteiger partial charge on any atom is 0.255 e. The molecule has 5 nitrogen and oxygen atoms in total. The summed E-state index contributed by atoms with van der Waals surface area (Å²) in [7, 11) is 0. The number of anilines is 1. The lowest BCUT2D eigenvalue weighted by Gasteiger charge is -2.29. The molecule has 3 aliphatic heterocycles. The first-order valence-corrected chi connectivity index (χ1v) is 10.1. The second-order valence-corrected chi connectivity index (χ2v) is 8.13. The van der Waals surface area contributed by atoms with Crippen molar-refractivity contribution in [1.82, 2.24) is 10.2 Å². The summed E-state index contributed by atoms with van der Waals surface area (Å²) in [5, 5.41) is 6.64. The quantitative estimate of drug-likeness (QED) is 0.824. The van der Waals surface area contributed by atoms with Crippen molar-refractivity contribution in [2.45, 2.75) is 63.5 Å². The first kappa shape index (κ1) is 20.2. The SMILES string of the molecule is Cl.O=C(CC1CC2CCC(C1)N2)Nc1ccccc1C(=O)N1CCCCC1. The average Bonchev–Trinajstić information content (AvgIpc) is 3.00. The maximum absolute atomic E-state index is 12.9. The minimum absolute atomic E-state index is 0. The van der Waals surface area contributed by atoms with Crippen LogP contribution in [0.15, 0.2) is 24.3 Å². The van der Waals surface area contributed by atoms with Crippen molar-refractivity contribution in [3.63, 3.8) is 0 Å². The third-order valence-electron chi connectivity index (χ3n) is 6.12. The standard InChI is InChI=1S/C21H29N3O2.ClH/c25-20(14-15-12-16-8-9-17(13-15)22-16)23-19-7-3-2-6-18(19)21(26)24-10-4-1-5-11-24;/h2-3,6-7,15-17,22H,1,4-5,8-14H2,(H,23,25);1H. The summed E-state index contributed by atoms with van der Waals surface area (Å²) in [5.41, 5.74) is 1.28. The van der Waals surface area contributed by atoms with Crippen LogP contribution in [0.3, 0.4) is 0 Å². The second-order valence-electron chi connectivity index (χ2n) is 8.13. The zero-order valence-corrected chi connectivity index (χ0v) is 16.6. The summed E-state index contributed by atoms with van der Waals surface area (Å²) in [6.07, 6.45) is 8.57. The van der Waals surface area contributed by atoms with Crippen molar-refractivity contribution < 1.29 is 9.59 Å². The number of carbonyl (C=O) groups is 2. The predicted octanol–water partition coefficient (Wildman–Crippen LogP) is 3.59. The van der Waals surface area contributed by atoms with E-state index in [1.54, 1.807) is 0 Å². The molecule has 0 saturated carbocycles. The number of carbonyl (C=O) groups excluding carboxylic acids is 2. The molecule has 2 amide bonds. The number of benzene rings is 1. The van der Waals surface area contributed by atoms with E-state index in [1.807, 2.05) is 29.2 Å². The van der Waals surface area contributed by atoms with Crippen LogP contribution < -0.4 is 10.6 Å². The van der Waals surface area contributed by atoms with Crippen LogP contribution >= 0.6 is 12.4 Å². The molecule has 1 aromatic carbocycles. The van der Waals surface area contributed by atoms with Crippen molar-refractivity contribution in [3.05, 3.63) is 29.8 Å². The Morgan fingerprint density at radius 2 is 1.70 bits per heavy atom. The highest BCUT2D eigenvalue weighted by Gasteiger charge is 2.34. The number of hydrogen-bond donors (Lipinski definition) is 2. The molecular formula is C21H30ClN3O2. The molecule has 3 saturated heterocycles. The van der Waals surface area contributed by atoms with E-state index in [9.17, 15) is 9.59 Å². The molecule has 3 fully saturated rings. The van der Waals surface area contributed by atoms with Gasteiger partial charge in [0.15, 0.2) is 0 Å². The average molecular weight is 392 g/mol. The van der Waals surface area contributed by atoms with Gasteiger partial charge in [-0.25, -0.2) is 0 Å². The van der Waals surface area contributed by atoms with Crippen LogP contribution in [-0.2, 0) is 4.79 Å². The minimum atomic E-state index is 0. The second kappa shape index (κ2) is 9.07. The Balaban J connectivity index is 0.00000210. The third-order valence-corrected chi connectivity index (χ3v) is 6.12. The van der Waals surface area contributed by atoms with Crippen molar-refractivity contribution in [2.24, 2.45) is 5.92 Å². The van der Waals surface area contributed by atoms with E-state index < -0.39 is 0 Å². The Kier molecular flexibility index (Phi) is 6.77. The summed E-state index contributed by atoms with van der Waals surface area (Å²) in [6.45, 7) is 1.64. The number of halogens is 1. The summed E-state index contributed by atoms with van der Waals surface area (Å²) in [6, 6.07) is 8.63. The molecule has 6 heteroatoms. The molecule has 0 radical (unpaired) electrons. The Morgan fingerprint density at radius 1 is 1.04 bits per heavy atom. The fourth-order valence-corrected chi connectivity index (χ4v) is 4.85. The van der Waals surface area contributed by atoms with E-state index in [-0.39, 0.29) is 24.2 Å². The Morgan fingerprint density at radius 3 is 2.41 bits per heavy atom. The lowest BCUT2D eigenvalue weighted by Crippen LogP contribution is -2.39. The summed E-state index contributed by atoms with van der Waals surface area (Å²) in [5.74, 6) is 0.536. The van der Waals surface area contributed by atoms with Crippen molar-refractivity contribution in [2.75, 3.05) is 18.4 Å². The zero-order chi connectivity index (χ0) is 17.9. The monoisotopic (exact) mass is 391 g/mol. The first-order chi connectivity index (χ1) is 12.7. The smallest absolute Gasteiger partial charge is 0.255 e. The Labute approximate surface area is 167 Å². The minimum Gasteiger partial charge on any atom is -0.339 e. The van der Waals surface area contributed by atoms with E-state index in [1.165, 1.54) is 19.3 Å². The van der Waals surface area contributed by atoms with Gasteiger partial charge in [0, 0.05) is 31.6 Å². The molecule has 0 spiro atoms. The summed E-state index contributed by atoms with van der Waals surface area (Å²) in [4.78, 5) is 27.4. The normalized spacial score (nSPS) is 27.0. The lowest BCUT2D eigenvalue weighted by molar-refractivity contribution is -0.117. The van der Waals surface area contributed by atoms with Crippen LogP contribution in [0, 0.1) is 5.92 Å². The highest BCUT2D eigenvalue weighted by molar-refractivity contribution is 6.03. The van der Waals surface area contributed by atoms with Gasteiger partial charge in [0.05, 0.1) is 11.3 Å². The van der Waals surface area contributed by atoms with Crippen LogP contribution in [0.25, 0.3) is 0 Å². The van der Waals surface area contributed by atoms with Crippen LogP contribution in [-0.4, -0.2) is 41.9 Å². The van der Waals surface area contributed by atoms with Gasteiger partial charge >= 0.3 is 0 Å². The molecule has 27 heavy (non-hydrogen) atoms. The number of amides is 2. The number of piperidine rings is 2. The number of rotatable bonds is 4. The summed E-state index contributed by atoms with van der Waals surface area (Å²) >= 11 is 0. The van der Waals surface area contributed by atoms with E-state index in [0.29, 0.717) is 35.7 Å². The number of hydrogen-bond acceptors (Lipinski definition) is 3. The molecule has 2 N–H and O–H groups in total.